The van der Waals surface area contributed by atoms with Crippen molar-refractivity contribution >= 4 is 33.6 Å². The van der Waals surface area contributed by atoms with E-state index in [0.717, 1.165) is 11.9 Å². The minimum absolute atomic E-state index is 0.0127. The number of halogens is 1. The normalized spacial score (nSPS) is 11.1. The monoisotopic (exact) mass is 385 g/mol. The van der Waals surface area contributed by atoms with Crippen molar-refractivity contribution in [2.24, 2.45) is 0 Å². The van der Waals surface area contributed by atoms with E-state index in [1.807, 2.05) is 0 Å². The molecule has 0 saturated carbocycles. The zero-order chi connectivity index (χ0) is 18.8. The third kappa shape index (κ3) is 3.80. The number of urea groups is 1. The van der Waals surface area contributed by atoms with Crippen LogP contribution < -0.4 is 9.64 Å². The van der Waals surface area contributed by atoms with Crippen LogP contribution in [0.3, 0.4) is 0 Å². The highest BCUT2D eigenvalue weighted by Crippen LogP contribution is 2.24. The van der Waals surface area contributed by atoms with E-state index >= 15 is 0 Å². The number of nitrogens with zero attached hydrogens (tertiary/aromatic N) is 5. The second-order valence-corrected chi connectivity index (χ2v) is 7.26. The number of ether oxygens (including phenoxy) is 1. The fourth-order valence-corrected chi connectivity index (χ4v) is 3.50. The number of carbonyl (C=O) groups excluding carboxylic acids is 1. The van der Waals surface area contributed by atoms with Crippen LogP contribution in [0.15, 0.2) is 29.2 Å². The Morgan fingerprint density at radius 2 is 1.80 bits per heavy atom. The quantitative estimate of drug-likeness (QED) is 0.788. The molecule has 0 aliphatic heterocycles. The Morgan fingerprint density at radius 3 is 2.40 bits per heavy atom. The molecule has 0 aliphatic carbocycles. The number of methoxy groups -OCH3 is 1. The van der Waals surface area contributed by atoms with E-state index in [1.165, 1.54) is 32.4 Å². The summed E-state index contributed by atoms with van der Waals surface area (Å²) in [6, 6.07) is 5.00. The zero-order valence-electron chi connectivity index (χ0n) is 14.0. The molecule has 134 valence electrons. The van der Waals surface area contributed by atoms with Gasteiger partial charge in [-0.1, -0.05) is 23.7 Å². The minimum atomic E-state index is -4.14. The molecule has 2 rings (SSSR count). The maximum atomic E-state index is 12.6. The van der Waals surface area contributed by atoms with E-state index < -0.39 is 16.1 Å². The van der Waals surface area contributed by atoms with Crippen LogP contribution in [-0.2, 0) is 10.0 Å². The number of anilines is 1. The van der Waals surface area contributed by atoms with Gasteiger partial charge in [0.05, 0.1) is 12.1 Å². The number of amides is 2. The summed E-state index contributed by atoms with van der Waals surface area (Å²) >= 11 is 5.93. The van der Waals surface area contributed by atoms with Crippen molar-refractivity contribution in [1.29, 1.82) is 0 Å². The van der Waals surface area contributed by atoms with Crippen LogP contribution in [0.4, 0.5) is 10.7 Å². The predicted octanol–water partition coefficient (Wildman–Crippen LogP) is 1.72. The van der Waals surface area contributed by atoms with Crippen LogP contribution in [0.2, 0.25) is 5.02 Å². The first-order valence-electron chi connectivity index (χ1n) is 6.96. The smallest absolute Gasteiger partial charge is 0.340 e. The Kier molecular flexibility index (Phi) is 5.43. The lowest BCUT2D eigenvalue weighted by atomic mass is 10.4. The third-order valence-electron chi connectivity index (χ3n) is 3.23. The largest absolute Gasteiger partial charge is 0.467 e. The van der Waals surface area contributed by atoms with Crippen LogP contribution in [0.25, 0.3) is 0 Å². The van der Waals surface area contributed by atoms with Gasteiger partial charge >= 0.3 is 12.0 Å². The number of sulfonamides is 1. The van der Waals surface area contributed by atoms with Gasteiger partial charge in [0.1, 0.15) is 10.7 Å². The number of rotatable bonds is 4. The summed E-state index contributed by atoms with van der Waals surface area (Å²) in [6.45, 7) is 1.59. The van der Waals surface area contributed by atoms with Crippen molar-refractivity contribution in [3.63, 3.8) is 0 Å². The van der Waals surface area contributed by atoms with E-state index in [-0.39, 0.29) is 21.9 Å². The molecule has 0 radical (unpaired) electrons. The van der Waals surface area contributed by atoms with Crippen molar-refractivity contribution in [3.8, 4) is 6.01 Å². The maximum absolute atomic E-state index is 12.6. The summed E-state index contributed by atoms with van der Waals surface area (Å²) in [5, 5.41) is 0.0162. The first-order valence-corrected chi connectivity index (χ1v) is 8.78. The summed E-state index contributed by atoms with van der Waals surface area (Å²) in [5.74, 6) is 0.272. The SMILES string of the molecule is COc1nc(C)nc(N(C)C(=O)N(C)S(=O)(=O)c2ccccc2Cl)n1. The van der Waals surface area contributed by atoms with Crippen LogP contribution in [0.1, 0.15) is 5.82 Å². The fourth-order valence-electron chi connectivity index (χ4n) is 1.89. The minimum Gasteiger partial charge on any atom is -0.467 e. The zero-order valence-corrected chi connectivity index (χ0v) is 15.5. The molecule has 0 aliphatic rings. The van der Waals surface area contributed by atoms with Gasteiger partial charge in [-0.15, -0.1) is 0 Å². The Morgan fingerprint density at radius 1 is 1.16 bits per heavy atom. The Balaban J connectivity index is 2.36. The number of aryl methyl sites for hydroxylation is 1. The van der Waals surface area contributed by atoms with Crippen molar-refractivity contribution in [2.45, 2.75) is 11.8 Å². The lowest BCUT2D eigenvalue weighted by Crippen LogP contribution is -2.43. The van der Waals surface area contributed by atoms with E-state index in [4.69, 9.17) is 16.3 Å². The van der Waals surface area contributed by atoms with Crippen molar-refractivity contribution in [1.82, 2.24) is 19.3 Å². The summed E-state index contributed by atoms with van der Waals surface area (Å²) in [4.78, 5) is 25.2. The molecule has 1 heterocycles. The molecular weight excluding hydrogens is 370 g/mol. The Labute approximate surface area is 150 Å². The molecule has 1 aromatic carbocycles. The molecule has 0 N–H and O–H groups in total. The molecule has 0 bridgehead atoms. The van der Waals surface area contributed by atoms with Crippen molar-refractivity contribution < 1.29 is 17.9 Å². The number of hydrogen-bond acceptors (Lipinski definition) is 7. The van der Waals surface area contributed by atoms with Gasteiger partial charge in [0.15, 0.2) is 0 Å². The molecule has 0 fully saturated rings. The van der Waals surface area contributed by atoms with Gasteiger partial charge in [-0.3, -0.25) is 4.90 Å². The van der Waals surface area contributed by atoms with Crippen LogP contribution in [-0.4, -0.2) is 54.9 Å². The molecule has 2 aromatic rings. The van der Waals surface area contributed by atoms with E-state index in [0.29, 0.717) is 10.1 Å². The first kappa shape index (κ1) is 18.9. The average molecular weight is 386 g/mol. The molecule has 0 unspecified atom stereocenters. The Hall–Kier alpha value is -2.46. The van der Waals surface area contributed by atoms with E-state index in [2.05, 4.69) is 15.0 Å². The van der Waals surface area contributed by atoms with Gasteiger partial charge in [0.25, 0.3) is 10.0 Å². The number of aromatic nitrogens is 3. The van der Waals surface area contributed by atoms with Crippen molar-refractivity contribution in [3.05, 3.63) is 35.1 Å². The van der Waals surface area contributed by atoms with Gasteiger partial charge in [-0.25, -0.2) is 17.5 Å². The van der Waals surface area contributed by atoms with Gasteiger partial charge in [0.2, 0.25) is 5.95 Å². The number of hydrogen-bond donors (Lipinski definition) is 0. The molecule has 0 atom stereocenters. The average Bonchev–Trinajstić information content (AvgIpc) is 2.59. The standard InChI is InChI=1S/C14H16ClN5O4S/c1-9-16-12(18-13(17-9)24-4)19(2)14(21)20(3)25(22,23)11-8-6-5-7-10(11)15/h5-8H,1-4H3. The van der Waals surface area contributed by atoms with Crippen LogP contribution in [0, 0.1) is 6.92 Å². The van der Waals surface area contributed by atoms with Crippen molar-refractivity contribution in [2.75, 3.05) is 26.1 Å². The number of benzene rings is 1. The number of carbonyl (C=O) groups is 1. The lowest BCUT2D eigenvalue weighted by molar-refractivity contribution is 0.235. The van der Waals surface area contributed by atoms with Gasteiger partial charge in [-0.2, -0.15) is 15.0 Å². The van der Waals surface area contributed by atoms with Gasteiger partial charge < -0.3 is 4.74 Å². The van der Waals surface area contributed by atoms with Gasteiger partial charge in [-0.05, 0) is 19.1 Å². The molecule has 11 heteroatoms. The molecular formula is C14H16ClN5O4S. The summed E-state index contributed by atoms with van der Waals surface area (Å²) < 4.78 is 30.8. The molecule has 9 nitrogen and oxygen atoms in total. The fraction of sp³-hybridized carbons (Fsp3) is 0.286. The second kappa shape index (κ2) is 7.19. The Bertz CT molecular complexity index is 906. The van der Waals surface area contributed by atoms with Gasteiger partial charge in [0, 0.05) is 14.1 Å². The highest BCUT2D eigenvalue weighted by Gasteiger charge is 2.31. The molecule has 1 aromatic heterocycles. The lowest BCUT2D eigenvalue weighted by Gasteiger charge is -2.23. The molecule has 0 spiro atoms. The summed E-state index contributed by atoms with van der Waals surface area (Å²) in [7, 11) is -0.300. The van der Waals surface area contributed by atoms with E-state index in [1.54, 1.807) is 13.0 Å². The predicted molar refractivity (Wildman–Crippen MR) is 91.3 cm³/mol. The highest BCUT2D eigenvalue weighted by atomic mass is 35.5. The maximum Gasteiger partial charge on any atom is 0.340 e. The topological polar surface area (TPSA) is 106 Å². The molecule has 2 amide bonds. The van der Waals surface area contributed by atoms with Crippen LogP contribution in [0.5, 0.6) is 6.01 Å². The highest BCUT2D eigenvalue weighted by molar-refractivity contribution is 7.89. The third-order valence-corrected chi connectivity index (χ3v) is 5.46. The summed E-state index contributed by atoms with van der Waals surface area (Å²) in [6.07, 6.45) is 0. The molecule has 25 heavy (non-hydrogen) atoms. The van der Waals surface area contributed by atoms with Crippen LogP contribution >= 0.6 is 11.6 Å². The van der Waals surface area contributed by atoms with E-state index in [9.17, 15) is 13.2 Å². The summed E-state index contributed by atoms with van der Waals surface area (Å²) in [5.41, 5.74) is 0. The second-order valence-electron chi connectivity index (χ2n) is 4.91. The molecule has 0 saturated heterocycles. The first-order chi connectivity index (χ1) is 11.7.